The first-order chi connectivity index (χ1) is 16.3. The summed E-state index contributed by atoms with van der Waals surface area (Å²) in [6.07, 6.45) is 14.4. The minimum atomic E-state index is -0.726. The Morgan fingerprint density at radius 1 is 1.24 bits per heavy atom. The van der Waals surface area contributed by atoms with Crippen molar-refractivity contribution in [3.05, 3.63) is 12.2 Å². The molecule has 0 aromatic carbocycles. The zero-order valence-electron chi connectivity index (χ0n) is 21.5. The Morgan fingerprint density at radius 2 is 2.09 bits per heavy atom. The van der Waals surface area contributed by atoms with E-state index in [1.807, 2.05) is 0 Å². The molecule has 7 nitrogen and oxygen atoms in total. The van der Waals surface area contributed by atoms with Gasteiger partial charge in [-0.25, -0.2) is 10.6 Å². The van der Waals surface area contributed by atoms with E-state index in [4.69, 9.17) is 14.2 Å². The van der Waals surface area contributed by atoms with Gasteiger partial charge >= 0.3 is 11.9 Å². The normalized spacial score (nSPS) is 41.3. The Labute approximate surface area is 204 Å². The second-order valence-electron chi connectivity index (χ2n) is 11.6. The molecule has 0 bridgehead atoms. The standard InChI is InChI=1S/C27H43N3O4/c1-5-21-10-6-7-14-26(34-21)17-20-11-12-22-23(24(31)32-16-13-18(2)3)27(15-8-9-19(4)33-27)29-25(28-26)30(20)22/h6,10,18-23H,5,7-9,11-17H2,1-4H3,(H,28,29)/p+1/t19-,20+,21+,22-,23-,26+,27-/m1/s1. The average Bonchev–Trinajstić information content (AvgIpc) is 3.08. The molecule has 0 saturated carbocycles. The van der Waals surface area contributed by atoms with Gasteiger partial charge in [-0.15, -0.1) is 0 Å². The van der Waals surface area contributed by atoms with Gasteiger partial charge in [0.2, 0.25) is 5.72 Å². The van der Waals surface area contributed by atoms with Gasteiger partial charge in [0.15, 0.2) is 11.6 Å². The fourth-order valence-electron chi connectivity index (χ4n) is 6.88. The first-order valence-corrected chi connectivity index (χ1v) is 13.8. The molecule has 5 aliphatic rings. The van der Waals surface area contributed by atoms with E-state index >= 15 is 0 Å². The van der Waals surface area contributed by atoms with Crippen LogP contribution in [0.4, 0.5) is 0 Å². The molecule has 34 heavy (non-hydrogen) atoms. The van der Waals surface area contributed by atoms with Crippen LogP contribution in [0.5, 0.6) is 0 Å². The van der Waals surface area contributed by atoms with Crippen molar-refractivity contribution >= 4 is 11.9 Å². The van der Waals surface area contributed by atoms with Crippen molar-refractivity contribution in [3.8, 4) is 0 Å². The largest absolute Gasteiger partial charge is 0.465 e. The number of ether oxygens (including phenoxy) is 3. The van der Waals surface area contributed by atoms with E-state index in [1.165, 1.54) is 0 Å². The lowest BCUT2D eigenvalue weighted by Gasteiger charge is -2.50. The molecule has 5 rings (SSSR count). The van der Waals surface area contributed by atoms with Crippen LogP contribution in [0, 0.1) is 11.8 Å². The predicted molar refractivity (Wildman–Crippen MR) is 130 cm³/mol. The lowest BCUT2D eigenvalue weighted by Crippen LogP contribution is -2.76. The van der Waals surface area contributed by atoms with Crippen molar-refractivity contribution < 1.29 is 23.6 Å². The third-order valence-electron chi connectivity index (χ3n) is 8.54. The number of carbonyl (C=O) groups is 1. The number of hydrogen-bond acceptors (Lipinski definition) is 6. The van der Waals surface area contributed by atoms with E-state index in [9.17, 15) is 4.79 Å². The molecule has 0 radical (unpaired) electrons. The van der Waals surface area contributed by atoms with Gasteiger partial charge in [-0.05, 0) is 57.8 Å². The summed E-state index contributed by atoms with van der Waals surface area (Å²) >= 11 is 0. The maximum Gasteiger partial charge on any atom is 0.350 e. The number of esters is 1. The minimum Gasteiger partial charge on any atom is -0.465 e. The molecule has 5 heterocycles. The zero-order valence-corrected chi connectivity index (χ0v) is 21.5. The van der Waals surface area contributed by atoms with E-state index in [0.717, 1.165) is 70.2 Å². The first kappa shape index (κ1) is 24.1. The summed E-state index contributed by atoms with van der Waals surface area (Å²) in [5.74, 6) is 1.08. The SMILES string of the molecule is CC[C@H]1C=CCC[C@@]2(C[C@@H]3CC[C@@H]4[C@H](C(=O)OCCC(C)C)[C@]5(CCC[C@@H](C)O5)NC(=[N+]34)N2)O1. The second kappa shape index (κ2) is 9.45. The lowest BCUT2D eigenvalue weighted by atomic mass is 9.80. The summed E-state index contributed by atoms with van der Waals surface area (Å²) in [7, 11) is 0. The summed E-state index contributed by atoms with van der Waals surface area (Å²) < 4.78 is 21.7. The number of guanidine groups is 1. The maximum atomic E-state index is 13.6. The molecule has 0 aromatic rings. The smallest absolute Gasteiger partial charge is 0.350 e. The van der Waals surface area contributed by atoms with Crippen molar-refractivity contribution in [2.75, 3.05) is 6.61 Å². The highest BCUT2D eigenvalue weighted by molar-refractivity contribution is 5.82. The molecular formula is C27H44N3O4+. The zero-order chi connectivity index (χ0) is 23.9. The summed E-state index contributed by atoms with van der Waals surface area (Å²) in [6.45, 7) is 9.11. The Kier molecular flexibility index (Phi) is 6.70. The Balaban J connectivity index is 1.46. The Hall–Kier alpha value is -1.60. The van der Waals surface area contributed by atoms with Gasteiger partial charge in [0.05, 0.1) is 30.9 Å². The van der Waals surface area contributed by atoms with Crippen molar-refractivity contribution in [1.29, 1.82) is 0 Å². The molecule has 2 saturated heterocycles. The van der Waals surface area contributed by atoms with Crippen LogP contribution in [0.2, 0.25) is 0 Å². The molecule has 0 unspecified atom stereocenters. The monoisotopic (exact) mass is 474 g/mol. The van der Waals surface area contributed by atoms with Gasteiger partial charge in [-0.1, -0.05) is 32.9 Å². The first-order valence-electron chi connectivity index (χ1n) is 13.8. The van der Waals surface area contributed by atoms with E-state index in [2.05, 4.69) is 55.1 Å². The van der Waals surface area contributed by atoms with Crippen LogP contribution in [-0.2, 0) is 19.0 Å². The van der Waals surface area contributed by atoms with E-state index in [0.29, 0.717) is 18.6 Å². The van der Waals surface area contributed by atoms with Crippen LogP contribution in [-0.4, -0.2) is 58.9 Å². The van der Waals surface area contributed by atoms with Crippen molar-refractivity contribution in [2.45, 2.75) is 128 Å². The number of nitrogens with zero attached hydrogens (tertiary/aromatic N) is 1. The van der Waals surface area contributed by atoms with Crippen LogP contribution >= 0.6 is 0 Å². The number of rotatable bonds is 5. The van der Waals surface area contributed by atoms with Gasteiger partial charge < -0.3 is 14.2 Å². The second-order valence-corrected chi connectivity index (χ2v) is 11.6. The summed E-state index contributed by atoms with van der Waals surface area (Å²) in [4.78, 5) is 13.6. The molecule has 2 spiro atoms. The van der Waals surface area contributed by atoms with Crippen molar-refractivity contribution in [3.63, 3.8) is 0 Å². The summed E-state index contributed by atoms with van der Waals surface area (Å²) in [5.41, 5.74) is -1.11. The van der Waals surface area contributed by atoms with Gasteiger partial charge in [0.25, 0.3) is 0 Å². The highest BCUT2D eigenvalue weighted by Gasteiger charge is 2.64. The molecular weight excluding hydrogens is 430 g/mol. The maximum absolute atomic E-state index is 13.6. The number of allylic oxidation sites excluding steroid dienone is 1. The number of carbonyl (C=O) groups excluding carboxylic acids is 1. The van der Waals surface area contributed by atoms with Crippen LogP contribution < -0.4 is 10.6 Å². The van der Waals surface area contributed by atoms with Gasteiger partial charge in [0.1, 0.15) is 0 Å². The van der Waals surface area contributed by atoms with Crippen LogP contribution in [0.25, 0.3) is 0 Å². The molecule has 0 aromatic heterocycles. The average molecular weight is 475 g/mol. The van der Waals surface area contributed by atoms with E-state index in [-0.39, 0.29) is 35.9 Å². The molecule has 2 fully saturated rings. The van der Waals surface area contributed by atoms with E-state index < -0.39 is 5.72 Å². The van der Waals surface area contributed by atoms with Crippen LogP contribution in [0.15, 0.2) is 12.2 Å². The Bertz CT molecular complexity index is 842. The topological polar surface area (TPSA) is 71.8 Å². The minimum absolute atomic E-state index is 0.0915. The van der Waals surface area contributed by atoms with Crippen LogP contribution in [0.1, 0.15) is 91.9 Å². The lowest BCUT2D eigenvalue weighted by molar-refractivity contribution is -0.609. The quantitative estimate of drug-likeness (QED) is 0.359. The van der Waals surface area contributed by atoms with Gasteiger partial charge in [-0.2, -0.15) is 0 Å². The highest BCUT2D eigenvalue weighted by Crippen LogP contribution is 2.45. The fourth-order valence-corrected chi connectivity index (χ4v) is 6.88. The number of hydrogen-bond donors (Lipinski definition) is 2. The van der Waals surface area contributed by atoms with Gasteiger partial charge in [-0.3, -0.25) is 9.37 Å². The Morgan fingerprint density at radius 3 is 2.85 bits per heavy atom. The molecule has 0 aliphatic carbocycles. The number of nitrogens with one attached hydrogen (secondary N) is 2. The van der Waals surface area contributed by atoms with Gasteiger partial charge in [0, 0.05) is 19.3 Å². The molecule has 5 aliphatic heterocycles. The van der Waals surface area contributed by atoms with Crippen LogP contribution in [0.3, 0.4) is 0 Å². The molecule has 0 amide bonds. The highest BCUT2D eigenvalue weighted by atomic mass is 16.6. The molecule has 7 atom stereocenters. The summed E-state index contributed by atoms with van der Waals surface area (Å²) in [6, 6.07) is 0.447. The molecule has 2 N–H and O–H groups in total. The third-order valence-corrected chi connectivity index (χ3v) is 8.54. The van der Waals surface area contributed by atoms with Crippen molar-refractivity contribution in [2.24, 2.45) is 11.8 Å². The molecule has 190 valence electrons. The van der Waals surface area contributed by atoms with E-state index in [1.54, 1.807) is 0 Å². The predicted octanol–water partition coefficient (Wildman–Crippen LogP) is 3.81. The summed E-state index contributed by atoms with van der Waals surface area (Å²) in [5, 5.41) is 7.58. The third kappa shape index (κ3) is 4.39. The van der Waals surface area contributed by atoms with Crippen molar-refractivity contribution in [1.82, 2.24) is 10.6 Å². The molecule has 7 heteroatoms. The fraction of sp³-hybridized carbons (Fsp3) is 0.852.